The Morgan fingerprint density at radius 1 is 1.09 bits per heavy atom. The van der Waals surface area contributed by atoms with Crippen LogP contribution in [0.3, 0.4) is 0 Å². The van der Waals surface area contributed by atoms with Crippen molar-refractivity contribution in [3.05, 3.63) is 51.7 Å². The Balaban J connectivity index is 1.42. The molecule has 3 heterocycles. The number of hydrogen-bond acceptors (Lipinski definition) is 6. The van der Waals surface area contributed by atoms with Crippen molar-refractivity contribution in [2.45, 2.75) is 13.1 Å². The third-order valence-electron chi connectivity index (χ3n) is 3.39. The molecule has 0 atom stereocenters. The Kier molecular flexibility index (Phi) is 3.80. The third-order valence-corrected chi connectivity index (χ3v) is 5.06. The van der Waals surface area contributed by atoms with Crippen LogP contribution < -0.4 is 14.8 Å². The van der Waals surface area contributed by atoms with Crippen molar-refractivity contribution in [2.75, 3.05) is 6.79 Å². The number of thiazole rings is 1. The molecule has 1 aliphatic rings. The van der Waals surface area contributed by atoms with Crippen LogP contribution in [-0.2, 0) is 13.1 Å². The van der Waals surface area contributed by atoms with Gasteiger partial charge in [0.1, 0.15) is 5.01 Å². The van der Waals surface area contributed by atoms with Gasteiger partial charge in [0.2, 0.25) is 6.79 Å². The maximum Gasteiger partial charge on any atom is 0.231 e. The van der Waals surface area contributed by atoms with E-state index in [9.17, 15) is 0 Å². The summed E-state index contributed by atoms with van der Waals surface area (Å²) in [7, 11) is 0. The zero-order valence-corrected chi connectivity index (χ0v) is 13.4. The highest BCUT2D eigenvalue weighted by Gasteiger charge is 2.15. The first kappa shape index (κ1) is 13.8. The highest BCUT2D eigenvalue weighted by molar-refractivity contribution is 7.13. The van der Waals surface area contributed by atoms with Crippen molar-refractivity contribution in [1.82, 2.24) is 10.3 Å². The molecular formula is C16H14N2O2S2. The average Bonchev–Trinajstić information content (AvgIpc) is 3.28. The standard InChI is InChI=1S/C16H14N2O2S2/c1-2-14-15(20-10-19-14)5-12(1)16-18-13(9-22-16)7-17-6-11-3-4-21-8-11/h1-5,8-9,17H,6-7,10H2. The number of nitrogens with one attached hydrogen (secondary N) is 1. The molecule has 1 aliphatic heterocycles. The van der Waals surface area contributed by atoms with Crippen LogP contribution in [0.2, 0.25) is 0 Å². The molecule has 0 unspecified atom stereocenters. The average molecular weight is 330 g/mol. The second-order valence-electron chi connectivity index (χ2n) is 4.95. The van der Waals surface area contributed by atoms with Crippen molar-refractivity contribution < 1.29 is 9.47 Å². The predicted molar refractivity (Wildman–Crippen MR) is 88.5 cm³/mol. The van der Waals surface area contributed by atoms with E-state index in [4.69, 9.17) is 9.47 Å². The number of ether oxygens (including phenoxy) is 2. The molecule has 3 aromatic rings. The van der Waals surface area contributed by atoms with Gasteiger partial charge in [-0.2, -0.15) is 11.3 Å². The summed E-state index contributed by atoms with van der Waals surface area (Å²) in [6.07, 6.45) is 0. The van der Waals surface area contributed by atoms with Crippen LogP contribution in [0.1, 0.15) is 11.3 Å². The van der Waals surface area contributed by atoms with E-state index in [0.717, 1.165) is 40.9 Å². The van der Waals surface area contributed by atoms with Gasteiger partial charge in [-0.25, -0.2) is 4.98 Å². The smallest absolute Gasteiger partial charge is 0.231 e. The van der Waals surface area contributed by atoms with Crippen molar-refractivity contribution in [2.24, 2.45) is 0 Å². The molecule has 6 heteroatoms. The van der Waals surface area contributed by atoms with Crippen LogP contribution in [0.15, 0.2) is 40.4 Å². The topological polar surface area (TPSA) is 43.4 Å². The lowest BCUT2D eigenvalue weighted by molar-refractivity contribution is 0.174. The number of rotatable bonds is 5. The Bertz CT molecular complexity index is 768. The van der Waals surface area contributed by atoms with E-state index in [0.29, 0.717) is 6.79 Å². The molecule has 0 saturated carbocycles. The lowest BCUT2D eigenvalue weighted by Crippen LogP contribution is -2.12. The van der Waals surface area contributed by atoms with Gasteiger partial charge >= 0.3 is 0 Å². The number of hydrogen-bond donors (Lipinski definition) is 1. The molecule has 112 valence electrons. The highest BCUT2D eigenvalue weighted by Crippen LogP contribution is 2.36. The van der Waals surface area contributed by atoms with Crippen LogP contribution in [-0.4, -0.2) is 11.8 Å². The monoisotopic (exact) mass is 330 g/mol. The molecule has 0 saturated heterocycles. The number of nitrogens with zero attached hydrogens (tertiary/aromatic N) is 1. The molecule has 2 aromatic heterocycles. The first-order valence-corrected chi connectivity index (χ1v) is 8.77. The quantitative estimate of drug-likeness (QED) is 0.771. The molecular weight excluding hydrogens is 316 g/mol. The Morgan fingerprint density at radius 2 is 2.05 bits per heavy atom. The summed E-state index contributed by atoms with van der Waals surface area (Å²) in [6.45, 7) is 1.95. The molecule has 22 heavy (non-hydrogen) atoms. The second-order valence-corrected chi connectivity index (χ2v) is 6.59. The summed E-state index contributed by atoms with van der Waals surface area (Å²) < 4.78 is 10.8. The molecule has 1 aromatic carbocycles. The number of benzene rings is 1. The van der Waals surface area contributed by atoms with Gasteiger partial charge in [0, 0.05) is 24.0 Å². The van der Waals surface area contributed by atoms with E-state index < -0.39 is 0 Å². The van der Waals surface area contributed by atoms with E-state index in [1.807, 2.05) is 18.2 Å². The van der Waals surface area contributed by atoms with Crippen LogP contribution in [0.5, 0.6) is 11.5 Å². The fraction of sp³-hybridized carbons (Fsp3) is 0.188. The minimum absolute atomic E-state index is 0.300. The van der Waals surface area contributed by atoms with Crippen LogP contribution in [0.4, 0.5) is 0 Å². The molecule has 0 bridgehead atoms. The molecule has 0 aliphatic carbocycles. The second kappa shape index (κ2) is 6.08. The molecule has 4 rings (SSSR count). The summed E-state index contributed by atoms with van der Waals surface area (Å²) >= 11 is 3.37. The number of thiophene rings is 1. The predicted octanol–water partition coefficient (Wildman–Crippen LogP) is 3.89. The van der Waals surface area contributed by atoms with E-state index in [-0.39, 0.29) is 0 Å². The Labute approximate surface area is 136 Å². The van der Waals surface area contributed by atoms with Crippen molar-refractivity contribution in [3.63, 3.8) is 0 Å². The van der Waals surface area contributed by atoms with E-state index in [1.54, 1.807) is 22.7 Å². The summed E-state index contributed by atoms with van der Waals surface area (Å²) in [6, 6.07) is 8.09. The zero-order chi connectivity index (χ0) is 14.8. The van der Waals surface area contributed by atoms with Crippen LogP contribution in [0.25, 0.3) is 10.6 Å². The first-order valence-electron chi connectivity index (χ1n) is 6.95. The van der Waals surface area contributed by atoms with Gasteiger partial charge in [0.05, 0.1) is 5.69 Å². The number of fused-ring (bicyclic) bond motifs is 1. The van der Waals surface area contributed by atoms with Gasteiger partial charge in [-0.05, 0) is 40.6 Å². The van der Waals surface area contributed by atoms with Crippen molar-refractivity contribution >= 4 is 22.7 Å². The van der Waals surface area contributed by atoms with Gasteiger partial charge in [-0.1, -0.05) is 0 Å². The fourth-order valence-electron chi connectivity index (χ4n) is 2.28. The molecule has 0 spiro atoms. The van der Waals surface area contributed by atoms with Gasteiger partial charge in [0.15, 0.2) is 11.5 Å². The van der Waals surface area contributed by atoms with Crippen LogP contribution >= 0.6 is 22.7 Å². The molecule has 0 radical (unpaired) electrons. The minimum atomic E-state index is 0.300. The normalized spacial score (nSPS) is 12.7. The summed E-state index contributed by atoms with van der Waals surface area (Å²) in [5.74, 6) is 1.60. The van der Waals surface area contributed by atoms with Crippen LogP contribution in [0, 0.1) is 0 Å². The van der Waals surface area contributed by atoms with Crippen molar-refractivity contribution in [3.8, 4) is 22.1 Å². The zero-order valence-electron chi connectivity index (χ0n) is 11.7. The third kappa shape index (κ3) is 2.85. The van der Waals surface area contributed by atoms with E-state index in [1.165, 1.54) is 5.56 Å². The fourth-order valence-corrected chi connectivity index (χ4v) is 3.76. The summed E-state index contributed by atoms with van der Waals surface area (Å²) in [4.78, 5) is 4.69. The molecule has 1 N–H and O–H groups in total. The summed E-state index contributed by atoms with van der Waals surface area (Å²) in [5, 5.41) is 10.8. The molecule has 0 amide bonds. The maximum absolute atomic E-state index is 5.42. The molecule has 0 fully saturated rings. The SMILES string of the molecule is c1cc(CNCc2csc(-c3ccc4c(c3)OCO4)n2)cs1. The van der Waals surface area contributed by atoms with Gasteiger partial charge < -0.3 is 14.8 Å². The minimum Gasteiger partial charge on any atom is -0.454 e. The van der Waals surface area contributed by atoms with Gasteiger partial charge in [0.25, 0.3) is 0 Å². The van der Waals surface area contributed by atoms with E-state index >= 15 is 0 Å². The van der Waals surface area contributed by atoms with Crippen molar-refractivity contribution in [1.29, 1.82) is 0 Å². The first-order chi connectivity index (χ1) is 10.9. The largest absolute Gasteiger partial charge is 0.454 e. The highest BCUT2D eigenvalue weighted by atomic mass is 32.1. The van der Waals surface area contributed by atoms with E-state index in [2.05, 4.69) is 32.5 Å². The van der Waals surface area contributed by atoms with Gasteiger partial charge in [-0.3, -0.25) is 0 Å². The molecule has 4 nitrogen and oxygen atoms in total. The number of aromatic nitrogens is 1. The summed E-state index contributed by atoms with van der Waals surface area (Å²) in [5.41, 5.74) is 3.45. The lowest BCUT2D eigenvalue weighted by atomic mass is 10.2. The Morgan fingerprint density at radius 3 is 2.95 bits per heavy atom. The lowest BCUT2D eigenvalue weighted by Gasteiger charge is -2.01. The Hall–Kier alpha value is -1.89. The maximum atomic E-state index is 5.42. The van der Waals surface area contributed by atoms with Gasteiger partial charge in [-0.15, -0.1) is 11.3 Å².